The molecule has 0 bridgehead atoms. The Bertz CT molecular complexity index is 1260. The van der Waals surface area contributed by atoms with Crippen LogP contribution in [0.3, 0.4) is 0 Å². The number of anilines is 1. The van der Waals surface area contributed by atoms with E-state index in [1.54, 1.807) is 28.9 Å². The topological polar surface area (TPSA) is 45.5 Å². The first-order valence-electron chi connectivity index (χ1n) is 10.1. The molecule has 4 aromatic rings. The number of nitrogens with zero attached hydrogens (tertiary/aromatic N) is 4. The molecule has 0 radical (unpaired) electrons. The first-order valence-corrected chi connectivity index (χ1v) is 10.1. The first-order chi connectivity index (χ1) is 14.4. The molecule has 3 aromatic heterocycles. The van der Waals surface area contributed by atoms with Gasteiger partial charge in [-0.05, 0) is 45.0 Å². The summed E-state index contributed by atoms with van der Waals surface area (Å²) in [6.07, 6.45) is 3.52. The molecule has 5 rings (SSSR count). The maximum atomic E-state index is 15.0. The molecule has 0 spiro atoms. The van der Waals surface area contributed by atoms with E-state index in [1.807, 2.05) is 19.1 Å². The van der Waals surface area contributed by atoms with Crippen LogP contribution in [0.1, 0.15) is 19.5 Å². The summed E-state index contributed by atoms with van der Waals surface area (Å²) >= 11 is 0. The second-order valence-corrected chi connectivity index (χ2v) is 8.26. The summed E-state index contributed by atoms with van der Waals surface area (Å²) in [5.74, 6) is -0.802. The van der Waals surface area contributed by atoms with Crippen molar-refractivity contribution in [2.24, 2.45) is 0 Å². The third-order valence-electron chi connectivity index (χ3n) is 5.58. The molecule has 1 aliphatic heterocycles. The minimum atomic E-state index is -0.430. The quantitative estimate of drug-likeness (QED) is 0.538. The van der Waals surface area contributed by atoms with Crippen molar-refractivity contribution in [3.63, 3.8) is 0 Å². The number of pyridine rings is 2. The Balaban J connectivity index is 1.56. The fourth-order valence-electron chi connectivity index (χ4n) is 4.38. The molecule has 1 fully saturated rings. The van der Waals surface area contributed by atoms with Gasteiger partial charge in [-0.25, -0.2) is 18.7 Å². The van der Waals surface area contributed by atoms with Gasteiger partial charge in [-0.3, -0.25) is 0 Å². The van der Waals surface area contributed by atoms with Gasteiger partial charge in [0.2, 0.25) is 0 Å². The summed E-state index contributed by atoms with van der Waals surface area (Å²) in [5.41, 5.74) is 3.24. The molecular weight excluding hydrogens is 384 g/mol. The van der Waals surface area contributed by atoms with Gasteiger partial charge in [0.05, 0.1) is 11.4 Å². The Labute approximate surface area is 173 Å². The summed E-state index contributed by atoms with van der Waals surface area (Å²) in [6, 6.07) is 9.25. The third kappa shape index (κ3) is 3.29. The van der Waals surface area contributed by atoms with Gasteiger partial charge in [-0.15, -0.1) is 0 Å². The van der Waals surface area contributed by atoms with E-state index in [4.69, 9.17) is 0 Å². The monoisotopic (exact) mass is 407 g/mol. The van der Waals surface area contributed by atoms with Crippen LogP contribution in [-0.2, 0) is 0 Å². The molecule has 2 unspecified atom stereocenters. The highest BCUT2D eigenvalue weighted by molar-refractivity contribution is 5.85. The minimum absolute atomic E-state index is 0.271. The Morgan fingerprint density at radius 2 is 1.73 bits per heavy atom. The average molecular weight is 407 g/mol. The molecule has 0 saturated carbocycles. The van der Waals surface area contributed by atoms with Gasteiger partial charge in [0.25, 0.3) is 0 Å². The number of hydrogen-bond donors (Lipinski definition) is 1. The number of halogens is 2. The van der Waals surface area contributed by atoms with E-state index in [9.17, 15) is 4.39 Å². The van der Waals surface area contributed by atoms with Crippen LogP contribution in [0, 0.1) is 18.6 Å². The van der Waals surface area contributed by atoms with Gasteiger partial charge in [0.15, 0.2) is 17.3 Å². The zero-order valence-electron chi connectivity index (χ0n) is 17.2. The number of aryl methyl sites for hydroxylation is 1. The Morgan fingerprint density at radius 3 is 2.50 bits per heavy atom. The SMILES string of the molecule is Cc1cn2cc(-c3ccc4cc(N5CC(C)NC(C)C5)cc(F)c4n3)cc(F)c2n1. The average Bonchev–Trinajstić information content (AvgIpc) is 3.08. The molecule has 4 heterocycles. The zero-order chi connectivity index (χ0) is 21.0. The molecule has 30 heavy (non-hydrogen) atoms. The van der Waals surface area contributed by atoms with Gasteiger partial charge in [-0.2, -0.15) is 0 Å². The maximum absolute atomic E-state index is 15.0. The highest BCUT2D eigenvalue weighted by atomic mass is 19.1. The van der Waals surface area contributed by atoms with Gasteiger partial charge < -0.3 is 14.6 Å². The Kier molecular flexibility index (Phi) is 4.43. The fourth-order valence-corrected chi connectivity index (χ4v) is 4.38. The number of imidazole rings is 1. The van der Waals surface area contributed by atoms with Crippen molar-refractivity contribution in [3.8, 4) is 11.3 Å². The van der Waals surface area contributed by atoms with Crippen LogP contribution >= 0.6 is 0 Å². The lowest BCUT2D eigenvalue weighted by atomic mass is 10.1. The summed E-state index contributed by atoms with van der Waals surface area (Å²) in [6.45, 7) is 7.72. The normalized spacial score (nSPS) is 19.7. The van der Waals surface area contributed by atoms with Gasteiger partial charge in [0.1, 0.15) is 5.52 Å². The fraction of sp³-hybridized carbons (Fsp3) is 0.304. The van der Waals surface area contributed by atoms with Crippen molar-refractivity contribution in [2.45, 2.75) is 32.9 Å². The molecular formula is C23H23F2N5. The van der Waals surface area contributed by atoms with Crippen molar-refractivity contribution in [1.82, 2.24) is 19.7 Å². The van der Waals surface area contributed by atoms with E-state index in [-0.39, 0.29) is 17.0 Å². The molecule has 1 N–H and O–H groups in total. The van der Waals surface area contributed by atoms with Gasteiger partial charge in [-0.1, -0.05) is 6.07 Å². The number of fused-ring (bicyclic) bond motifs is 2. The van der Waals surface area contributed by atoms with Crippen LogP contribution < -0.4 is 10.2 Å². The highest BCUT2D eigenvalue weighted by Gasteiger charge is 2.22. The standard InChI is InChI=1S/C23H23F2N5/c1-13-9-29(10-14(2)26-13)18-6-16-4-5-21(28-22(16)19(24)8-18)17-7-20(25)23-27-15(3)11-30(23)12-17/h4-8,11-14,26H,9-10H2,1-3H3. The van der Waals surface area contributed by atoms with Crippen LogP contribution in [0.25, 0.3) is 27.8 Å². The molecule has 5 nitrogen and oxygen atoms in total. The highest BCUT2D eigenvalue weighted by Crippen LogP contribution is 2.29. The number of aromatic nitrogens is 3. The van der Waals surface area contributed by atoms with Gasteiger partial charge >= 0.3 is 0 Å². The molecule has 154 valence electrons. The predicted molar refractivity (Wildman–Crippen MR) is 115 cm³/mol. The lowest BCUT2D eigenvalue weighted by Crippen LogP contribution is -2.54. The summed E-state index contributed by atoms with van der Waals surface area (Å²) in [4.78, 5) is 10.9. The summed E-state index contributed by atoms with van der Waals surface area (Å²) in [5, 5.41) is 4.22. The first kappa shape index (κ1) is 18.9. The van der Waals surface area contributed by atoms with E-state index in [2.05, 4.69) is 34.0 Å². The maximum Gasteiger partial charge on any atom is 0.173 e. The van der Waals surface area contributed by atoms with E-state index in [0.717, 1.165) is 29.9 Å². The van der Waals surface area contributed by atoms with Crippen molar-refractivity contribution in [2.75, 3.05) is 18.0 Å². The summed E-state index contributed by atoms with van der Waals surface area (Å²) < 4.78 is 31.1. The van der Waals surface area contributed by atoms with Crippen molar-refractivity contribution in [1.29, 1.82) is 0 Å². The van der Waals surface area contributed by atoms with Crippen molar-refractivity contribution >= 4 is 22.2 Å². The van der Waals surface area contributed by atoms with Crippen molar-refractivity contribution in [3.05, 3.63) is 60.1 Å². The molecule has 1 aromatic carbocycles. The predicted octanol–water partition coefficient (Wildman–Crippen LogP) is 4.32. The van der Waals surface area contributed by atoms with Gasteiger partial charge in [0, 0.05) is 54.2 Å². The molecule has 2 atom stereocenters. The Morgan fingerprint density at radius 1 is 0.967 bits per heavy atom. The third-order valence-corrected chi connectivity index (χ3v) is 5.58. The van der Waals surface area contributed by atoms with Crippen LogP contribution in [0.2, 0.25) is 0 Å². The second kappa shape index (κ2) is 7.02. The van der Waals surface area contributed by atoms with Crippen molar-refractivity contribution < 1.29 is 8.78 Å². The number of benzene rings is 1. The number of rotatable bonds is 2. The van der Waals surface area contributed by atoms with E-state index < -0.39 is 5.82 Å². The minimum Gasteiger partial charge on any atom is -0.368 e. The van der Waals surface area contributed by atoms with Crippen LogP contribution in [-0.4, -0.2) is 39.5 Å². The number of piperazine rings is 1. The molecule has 1 saturated heterocycles. The summed E-state index contributed by atoms with van der Waals surface area (Å²) in [7, 11) is 0. The molecule has 0 aliphatic carbocycles. The van der Waals surface area contributed by atoms with E-state index >= 15 is 4.39 Å². The van der Waals surface area contributed by atoms with E-state index in [1.165, 1.54) is 6.07 Å². The molecule has 7 heteroatoms. The lowest BCUT2D eigenvalue weighted by molar-refractivity contribution is 0.407. The number of hydrogen-bond acceptors (Lipinski definition) is 4. The molecule has 0 amide bonds. The van der Waals surface area contributed by atoms with Crippen LogP contribution in [0.15, 0.2) is 42.7 Å². The molecule has 1 aliphatic rings. The zero-order valence-corrected chi connectivity index (χ0v) is 17.2. The lowest BCUT2D eigenvalue weighted by Gasteiger charge is -2.37. The number of nitrogens with one attached hydrogen (secondary N) is 1. The largest absolute Gasteiger partial charge is 0.368 e. The van der Waals surface area contributed by atoms with E-state index in [0.29, 0.717) is 23.3 Å². The van der Waals surface area contributed by atoms with Crippen LogP contribution in [0.5, 0.6) is 0 Å². The second-order valence-electron chi connectivity index (χ2n) is 8.26. The Hall–Kier alpha value is -3.06. The smallest absolute Gasteiger partial charge is 0.173 e. The van der Waals surface area contributed by atoms with Crippen LogP contribution in [0.4, 0.5) is 14.5 Å².